The maximum Gasteiger partial charge on any atom is 0.335 e. The molecule has 2 rings (SSSR count). The number of carbonyl (C=O) groups excluding carboxylic acids is 1. The molecule has 0 bridgehead atoms. The molecule has 2 N–H and O–H groups in total. The summed E-state index contributed by atoms with van der Waals surface area (Å²) in [7, 11) is 0. The number of nitrogens with zero attached hydrogens (tertiary/aromatic N) is 1. The lowest BCUT2D eigenvalue weighted by molar-refractivity contribution is 0.0696. The molecule has 0 saturated heterocycles. The maximum absolute atomic E-state index is 12.3. The molecule has 21 heavy (non-hydrogen) atoms. The van der Waals surface area contributed by atoms with Crippen LogP contribution in [0.25, 0.3) is 0 Å². The molecule has 114 valence electrons. The number of anilines is 1. The summed E-state index contributed by atoms with van der Waals surface area (Å²) < 4.78 is 0. The van der Waals surface area contributed by atoms with Crippen LogP contribution in [-0.2, 0) is 6.42 Å². The van der Waals surface area contributed by atoms with Gasteiger partial charge in [-0.05, 0) is 42.9 Å². The molecule has 1 aliphatic rings. The summed E-state index contributed by atoms with van der Waals surface area (Å²) in [5, 5.41) is 12.3. The third-order valence-electron chi connectivity index (χ3n) is 3.63. The number of fused-ring (bicyclic) bond motifs is 1. The van der Waals surface area contributed by atoms with Gasteiger partial charge in [0.15, 0.2) is 0 Å². The first kappa shape index (κ1) is 15.7. The number of carboxylic acid groups (broad SMARTS) is 1. The fraction of sp³-hybridized carbons (Fsp3) is 0.467. The van der Waals surface area contributed by atoms with Crippen LogP contribution in [0, 0.1) is 0 Å². The minimum absolute atomic E-state index is 0.111. The molecule has 0 fully saturated rings. The van der Waals surface area contributed by atoms with E-state index in [-0.39, 0.29) is 11.6 Å². The fourth-order valence-electron chi connectivity index (χ4n) is 2.35. The number of thioether (sulfide) groups is 1. The molecule has 0 spiro atoms. The topological polar surface area (TPSA) is 69.6 Å². The van der Waals surface area contributed by atoms with Crippen LogP contribution in [-0.4, -0.2) is 41.7 Å². The molecule has 2 amide bonds. The quantitative estimate of drug-likeness (QED) is 0.897. The molecular weight excluding hydrogens is 288 g/mol. The van der Waals surface area contributed by atoms with E-state index in [4.69, 9.17) is 5.11 Å². The van der Waals surface area contributed by atoms with E-state index in [0.29, 0.717) is 18.3 Å². The highest BCUT2D eigenvalue weighted by Gasteiger charge is 2.23. The minimum Gasteiger partial charge on any atom is -0.478 e. The van der Waals surface area contributed by atoms with Crippen LogP contribution in [0.3, 0.4) is 0 Å². The molecule has 0 aliphatic carbocycles. The predicted molar refractivity (Wildman–Crippen MR) is 85.4 cm³/mol. The van der Waals surface area contributed by atoms with Crippen molar-refractivity contribution in [2.45, 2.75) is 25.0 Å². The number of carbonyl (C=O) groups is 2. The number of hydrogen-bond donors (Lipinski definition) is 2. The van der Waals surface area contributed by atoms with Crippen LogP contribution in [0.15, 0.2) is 18.2 Å². The Morgan fingerprint density at radius 1 is 1.48 bits per heavy atom. The normalized spacial score (nSPS) is 15.2. The Kier molecular flexibility index (Phi) is 5.12. The highest BCUT2D eigenvalue weighted by Crippen LogP contribution is 2.28. The van der Waals surface area contributed by atoms with Crippen molar-refractivity contribution < 1.29 is 14.7 Å². The lowest BCUT2D eigenvalue weighted by Crippen LogP contribution is -2.44. The number of aryl methyl sites for hydroxylation is 1. The van der Waals surface area contributed by atoms with Crippen molar-refractivity contribution in [2.24, 2.45) is 0 Å². The first-order valence-corrected chi connectivity index (χ1v) is 8.26. The Balaban J connectivity index is 2.14. The largest absolute Gasteiger partial charge is 0.478 e. The number of aromatic carboxylic acids is 1. The van der Waals surface area contributed by atoms with Crippen molar-refractivity contribution in [1.82, 2.24) is 5.32 Å². The van der Waals surface area contributed by atoms with E-state index >= 15 is 0 Å². The van der Waals surface area contributed by atoms with Gasteiger partial charge in [-0.3, -0.25) is 4.90 Å². The summed E-state index contributed by atoms with van der Waals surface area (Å²) in [6.07, 6.45) is 3.67. The molecule has 5 nitrogen and oxygen atoms in total. The number of benzene rings is 1. The third-order valence-corrected chi connectivity index (χ3v) is 4.60. The number of nitrogens with one attached hydrogen (secondary N) is 1. The zero-order chi connectivity index (χ0) is 15.4. The summed E-state index contributed by atoms with van der Waals surface area (Å²) in [4.78, 5) is 25.0. The standard InChI is InChI=1S/C15H20N2O3S/c1-10(21-2)9-16-15(20)17-7-3-4-11-8-12(14(18)19)5-6-13(11)17/h5-6,8,10H,3-4,7,9H2,1-2H3,(H,16,20)(H,18,19). The lowest BCUT2D eigenvalue weighted by atomic mass is 9.99. The van der Waals surface area contributed by atoms with Crippen LogP contribution in [0.2, 0.25) is 0 Å². The second-order valence-electron chi connectivity index (χ2n) is 5.14. The molecule has 6 heteroatoms. The van der Waals surface area contributed by atoms with Gasteiger partial charge in [0.1, 0.15) is 0 Å². The number of amides is 2. The highest BCUT2D eigenvalue weighted by molar-refractivity contribution is 7.99. The number of urea groups is 1. The van der Waals surface area contributed by atoms with Crippen molar-refractivity contribution in [3.63, 3.8) is 0 Å². The van der Waals surface area contributed by atoms with Crippen LogP contribution in [0.1, 0.15) is 29.3 Å². The van der Waals surface area contributed by atoms with E-state index in [9.17, 15) is 9.59 Å². The van der Waals surface area contributed by atoms with Gasteiger partial charge in [-0.2, -0.15) is 11.8 Å². The maximum atomic E-state index is 12.3. The molecule has 1 heterocycles. The van der Waals surface area contributed by atoms with E-state index in [1.54, 1.807) is 34.9 Å². The van der Waals surface area contributed by atoms with Crippen LogP contribution >= 0.6 is 11.8 Å². The Bertz CT molecular complexity index is 548. The third kappa shape index (κ3) is 3.69. The fourth-order valence-corrected chi connectivity index (χ4v) is 2.60. The molecule has 0 saturated carbocycles. The Morgan fingerprint density at radius 3 is 2.90 bits per heavy atom. The molecule has 1 aliphatic heterocycles. The Labute approximate surface area is 128 Å². The molecule has 1 atom stereocenters. The van der Waals surface area contributed by atoms with E-state index < -0.39 is 5.97 Å². The summed E-state index contributed by atoms with van der Waals surface area (Å²) in [6.45, 7) is 3.35. The molecule has 0 aromatic heterocycles. The van der Waals surface area contributed by atoms with Gasteiger partial charge in [0.25, 0.3) is 0 Å². The Hall–Kier alpha value is -1.69. The SMILES string of the molecule is CSC(C)CNC(=O)N1CCCc2cc(C(=O)O)ccc21. The van der Waals surface area contributed by atoms with Gasteiger partial charge < -0.3 is 10.4 Å². The van der Waals surface area contributed by atoms with Gasteiger partial charge in [0.2, 0.25) is 0 Å². The molecule has 1 aromatic rings. The van der Waals surface area contributed by atoms with Gasteiger partial charge in [0, 0.05) is 24.0 Å². The monoisotopic (exact) mass is 308 g/mol. The van der Waals surface area contributed by atoms with Crippen molar-refractivity contribution in [2.75, 3.05) is 24.2 Å². The van der Waals surface area contributed by atoms with Crippen LogP contribution < -0.4 is 10.2 Å². The van der Waals surface area contributed by atoms with Crippen molar-refractivity contribution in [3.8, 4) is 0 Å². The molecule has 1 aromatic carbocycles. The van der Waals surface area contributed by atoms with Gasteiger partial charge in [0.05, 0.1) is 5.56 Å². The van der Waals surface area contributed by atoms with Crippen LogP contribution in [0.5, 0.6) is 0 Å². The first-order valence-electron chi connectivity index (χ1n) is 6.97. The highest BCUT2D eigenvalue weighted by atomic mass is 32.2. The van der Waals surface area contributed by atoms with Crippen LogP contribution in [0.4, 0.5) is 10.5 Å². The summed E-state index contributed by atoms with van der Waals surface area (Å²) >= 11 is 1.71. The lowest BCUT2D eigenvalue weighted by Gasteiger charge is -2.30. The number of hydrogen-bond acceptors (Lipinski definition) is 3. The van der Waals surface area contributed by atoms with Gasteiger partial charge >= 0.3 is 12.0 Å². The summed E-state index contributed by atoms with van der Waals surface area (Å²) in [5.74, 6) is -0.937. The average molecular weight is 308 g/mol. The van der Waals surface area contributed by atoms with Crippen molar-refractivity contribution in [3.05, 3.63) is 29.3 Å². The van der Waals surface area contributed by atoms with E-state index in [1.165, 1.54) is 0 Å². The minimum atomic E-state index is -0.937. The Morgan fingerprint density at radius 2 is 2.24 bits per heavy atom. The zero-order valence-electron chi connectivity index (χ0n) is 12.3. The molecule has 1 unspecified atom stereocenters. The van der Waals surface area contributed by atoms with Gasteiger partial charge in [-0.15, -0.1) is 0 Å². The van der Waals surface area contributed by atoms with Gasteiger partial charge in [-0.1, -0.05) is 6.92 Å². The predicted octanol–water partition coefficient (Wildman–Crippen LogP) is 2.60. The first-order chi connectivity index (χ1) is 10.0. The summed E-state index contributed by atoms with van der Waals surface area (Å²) in [6, 6.07) is 4.84. The molecular formula is C15H20N2O3S. The number of rotatable bonds is 4. The van der Waals surface area contributed by atoms with Gasteiger partial charge in [-0.25, -0.2) is 9.59 Å². The smallest absolute Gasteiger partial charge is 0.335 e. The second kappa shape index (κ2) is 6.85. The van der Waals surface area contributed by atoms with E-state index in [2.05, 4.69) is 12.2 Å². The van der Waals surface area contributed by atoms with Crippen molar-refractivity contribution >= 4 is 29.4 Å². The average Bonchev–Trinajstić information content (AvgIpc) is 2.50. The number of carboxylic acids is 1. The molecule has 0 radical (unpaired) electrons. The summed E-state index contributed by atoms with van der Waals surface area (Å²) in [5.41, 5.74) is 2.02. The zero-order valence-corrected chi connectivity index (χ0v) is 13.1. The van der Waals surface area contributed by atoms with E-state index in [1.807, 2.05) is 6.26 Å². The van der Waals surface area contributed by atoms with Crippen molar-refractivity contribution in [1.29, 1.82) is 0 Å². The second-order valence-corrected chi connectivity index (χ2v) is 6.41. The van der Waals surface area contributed by atoms with E-state index in [0.717, 1.165) is 24.1 Å².